The van der Waals surface area contributed by atoms with Crippen LogP contribution in [0.1, 0.15) is 78.1 Å². The molecule has 0 amide bonds. The van der Waals surface area contributed by atoms with Crippen molar-refractivity contribution in [2.24, 2.45) is 0 Å². The molecule has 4 unspecified atom stereocenters. The Bertz CT molecular complexity index is 226. The Morgan fingerprint density at radius 2 is 1.04 bits per heavy atom. The van der Waals surface area contributed by atoms with Crippen LogP contribution in [0.15, 0.2) is 0 Å². The first-order chi connectivity index (χ1) is 11.1. The van der Waals surface area contributed by atoms with E-state index in [0.717, 1.165) is 51.4 Å². The van der Waals surface area contributed by atoms with Gasteiger partial charge in [-0.05, 0) is 12.8 Å². The molecule has 0 aromatic rings. The molecule has 0 spiro atoms. The number of unbranched alkanes of at least 4 members (excludes halogenated alkanes) is 6. The summed E-state index contributed by atoms with van der Waals surface area (Å²) in [5.41, 5.74) is 0. The van der Waals surface area contributed by atoms with Crippen molar-refractivity contribution in [3.63, 3.8) is 0 Å². The number of aliphatic hydroxyl groups excluding tert-OH is 4. The normalized spacial score (nSPS) is 17.0. The SMILES string of the molecule is CCCCCCC(OC(CCCCCC)C(O)CO)C(O)CO. The lowest BCUT2D eigenvalue weighted by Crippen LogP contribution is -2.41. The van der Waals surface area contributed by atoms with Crippen LogP contribution >= 0.6 is 0 Å². The molecule has 4 atom stereocenters. The fourth-order valence-corrected chi connectivity index (χ4v) is 2.71. The molecular weight excluding hydrogens is 296 g/mol. The van der Waals surface area contributed by atoms with Crippen molar-refractivity contribution in [1.29, 1.82) is 0 Å². The van der Waals surface area contributed by atoms with Crippen LogP contribution in [0.4, 0.5) is 0 Å². The zero-order valence-electron chi connectivity index (χ0n) is 15.0. The van der Waals surface area contributed by atoms with Gasteiger partial charge in [-0.3, -0.25) is 0 Å². The van der Waals surface area contributed by atoms with Crippen LogP contribution in [0.2, 0.25) is 0 Å². The van der Waals surface area contributed by atoms with Crippen molar-refractivity contribution < 1.29 is 25.2 Å². The van der Waals surface area contributed by atoms with Gasteiger partial charge in [0.25, 0.3) is 0 Å². The van der Waals surface area contributed by atoms with Gasteiger partial charge in [0.1, 0.15) is 12.2 Å². The first-order valence-electron chi connectivity index (χ1n) is 9.33. The minimum absolute atomic E-state index is 0.351. The topological polar surface area (TPSA) is 90.2 Å². The summed E-state index contributed by atoms with van der Waals surface area (Å²) < 4.78 is 5.90. The van der Waals surface area contributed by atoms with Crippen LogP contribution in [0.25, 0.3) is 0 Å². The summed E-state index contributed by atoms with van der Waals surface area (Å²) in [4.78, 5) is 0. The number of rotatable bonds is 16. The molecule has 5 nitrogen and oxygen atoms in total. The predicted molar refractivity (Wildman–Crippen MR) is 92.4 cm³/mol. The zero-order chi connectivity index (χ0) is 17.5. The van der Waals surface area contributed by atoms with Crippen molar-refractivity contribution in [2.45, 2.75) is 102 Å². The molecule has 0 aliphatic rings. The fraction of sp³-hybridized carbons (Fsp3) is 1.00. The smallest absolute Gasteiger partial charge is 0.103 e. The van der Waals surface area contributed by atoms with E-state index < -0.39 is 24.4 Å². The minimum atomic E-state index is -0.944. The molecule has 0 fully saturated rings. The summed E-state index contributed by atoms with van der Waals surface area (Å²) in [6.07, 6.45) is 6.98. The van der Waals surface area contributed by atoms with E-state index in [-0.39, 0.29) is 13.2 Å². The average molecular weight is 334 g/mol. The van der Waals surface area contributed by atoms with E-state index >= 15 is 0 Å². The third kappa shape index (κ3) is 11.1. The molecule has 140 valence electrons. The number of ether oxygens (including phenoxy) is 1. The third-order valence-corrected chi connectivity index (χ3v) is 4.27. The molecule has 5 heteroatoms. The monoisotopic (exact) mass is 334 g/mol. The molecule has 0 rings (SSSR count). The maximum absolute atomic E-state index is 9.97. The van der Waals surface area contributed by atoms with Crippen LogP contribution in [-0.2, 0) is 4.74 Å². The van der Waals surface area contributed by atoms with Crippen LogP contribution in [0.5, 0.6) is 0 Å². The lowest BCUT2D eigenvalue weighted by atomic mass is 10.0. The van der Waals surface area contributed by atoms with Crippen LogP contribution in [0.3, 0.4) is 0 Å². The Morgan fingerprint density at radius 1 is 0.652 bits per heavy atom. The second kappa shape index (κ2) is 15.3. The highest BCUT2D eigenvalue weighted by atomic mass is 16.5. The summed E-state index contributed by atoms with van der Waals surface area (Å²) in [5.74, 6) is 0. The van der Waals surface area contributed by atoms with E-state index in [1.165, 1.54) is 0 Å². The van der Waals surface area contributed by atoms with Crippen molar-refractivity contribution in [1.82, 2.24) is 0 Å². The molecule has 0 aliphatic carbocycles. The Hall–Kier alpha value is -0.200. The molecule has 4 N–H and O–H groups in total. The van der Waals surface area contributed by atoms with E-state index in [1.54, 1.807) is 0 Å². The van der Waals surface area contributed by atoms with Gasteiger partial charge < -0.3 is 25.2 Å². The lowest BCUT2D eigenvalue weighted by molar-refractivity contribution is -0.137. The Balaban J connectivity index is 4.49. The van der Waals surface area contributed by atoms with E-state index in [4.69, 9.17) is 4.74 Å². The van der Waals surface area contributed by atoms with Gasteiger partial charge in [0.15, 0.2) is 0 Å². The zero-order valence-corrected chi connectivity index (χ0v) is 15.0. The Kier molecular flexibility index (Phi) is 15.2. The highest BCUT2D eigenvalue weighted by Crippen LogP contribution is 2.19. The molecule has 23 heavy (non-hydrogen) atoms. The molecule has 0 heterocycles. The van der Waals surface area contributed by atoms with Crippen molar-refractivity contribution in [2.75, 3.05) is 13.2 Å². The van der Waals surface area contributed by atoms with Gasteiger partial charge in [-0.15, -0.1) is 0 Å². The second-order valence-electron chi connectivity index (χ2n) is 6.41. The number of aliphatic hydroxyl groups is 4. The molecule has 0 aromatic carbocycles. The molecular formula is C18H38O5. The largest absolute Gasteiger partial charge is 0.394 e. The van der Waals surface area contributed by atoms with E-state index in [0.29, 0.717) is 12.8 Å². The summed E-state index contributed by atoms with van der Waals surface area (Å²) >= 11 is 0. The molecule has 0 aliphatic heterocycles. The predicted octanol–water partition coefficient (Wildman–Crippen LogP) is 2.39. The minimum Gasteiger partial charge on any atom is -0.394 e. The number of hydrogen-bond donors (Lipinski definition) is 4. The highest BCUT2D eigenvalue weighted by Gasteiger charge is 2.27. The average Bonchev–Trinajstić information content (AvgIpc) is 2.58. The van der Waals surface area contributed by atoms with Crippen LogP contribution in [-0.4, -0.2) is 58.1 Å². The van der Waals surface area contributed by atoms with Gasteiger partial charge in [-0.1, -0.05) is 65.2 Å². The quantitative estimate of drug-likeness (QED) is 0.325. The molecule has 0 bridgehead atoms. The third-order valence-electron chi connectivity index (χ3n) is 4.27. The fourth-order valence-electron chi connectivity index (χ4n) is 2.71. The van der Waals surface area contributed by atoms with Gasteiger partial charge in [0.2, 0.25) is 0 Å². The Labute approximate surface area is 141 Å². The number of hydrogen-bond acceptors (Lipinski definition) is 5. The Morgan fingerprint density at radius 3 is 1.35 bits per heavy atom. The second-order valence-corrected chi connectivity index (χ2v) is 6.41. The van der Waals surface area contributed by atoms with Gasteiger partial charge >= 0.3 is 0 Å². The molecule has 0 saturated heterocycles. The maximum atomic E-state index is 9.97. The molecule has 0 aromatic heterocycles. The van der Waals surface area contributed by atoms with Gasteiger partial charge in [-0.25, -0.2) is 0 Å². The van der Waals surface area contributed by atoms with E-state index in [1.807, 2.05) is 0 Å². The lowest BCUT2D eigenvalue weighted by Gasteiger charge is -2.30. The molecule has 0 radical (unpaired) electrons. The van der Waals surface area contributed by atoms with Crippen molar-refractivity contribution in [3.05, 3.63) is 0 Å². The van der Waals surface area contributed by atoms with E-state index in [2.05, 4.69) is 13.8 Å². The first-order valence-corrected chi connectivity index (χ1v) is 9.33. The highest BCUT2D eigenvalue weighted by molar-refractivity contribution is 4.75. The standard InChI is InChI=1S/C18H38O5/c1-3-5-7-9-11-17(15(21)13-19)23-18(16(22)14-20)12-10-8-6-4-2/h15-22H,3-14H2,1-2H3. The summed E-state index contributed by atoms with van der Waals surface area (Å²) in [7, 11) is 0. The van der Waals surface area contributed by atoms with E-state index in [9.17, 15) is 20.4 Å². The summed E-state index contributed by atoms with van der Waals surface area (Å²) in [5, 5.41) is 38.4. The molecule has 0 saturated carbocycles. The first kappa shape index (κ1) is 22.8. The maximum Gasteiger partial charge on any atom is 0.103 e. The van der Waals surface area contributed by atoms with Gasteiger partial charge in [0, 0.05) is 0 Å². The summed E-state index contributed by atoms with van der Waals surface area (Å²) in [6.45, 7) is 3.58. The summed E-state index contributed by atoms with van der Waals surface area (Å²) in [6, 6.07) is 0. The van der Waals surface area contributed by atoms with Crippen molar-refractivity contribution in [3.8, 4) is 0 Å². The van der Waals surface area contributed by atoms with Gasteiger partial charge in [-0.2, -0.15) is 0 Å². The van der Waals surface area contributed by atoms with Gasteiger partial charge in [0.05, 0.1) is 25.4 Å². The van der Waals surface area contributed by atoms with Crippen LogP contribution < -0.4 is 0 Å². The van der Waals surface area contributed by atoms with Crippen LogP contribution in [0, 0.1) is 0 Å². The van der Waals surface area contributed by atoms with Crippen molar-refractivity contribution >= 4 is 0 Å².